The fourth-order valence-corrected chi connectivity index (χ4v) is 2.84. The summed E-state index contributed by atoms with van der Waals surface area (Å²) in [6.45, 7) is 0.663. The standard InChI is InChI=1S/C15H16F3N5O2S/c1-19-14(21-8-10-3-2-4-11(7-10)23(24)25)20-6-5-13-22-12(9-26-13)15(16,17)18/h2-4,7,9H,5-6,8H2,1H3,(H2,19,20,21). The van der Waals surface area contributed by atoms with Crippen molar-refractivity contribution in [2.75, 3.05) is 13.6 Å². The highest BCUT2D eigenvalue weighted by molar-refractivity contribution is 7.09. The molecule has 1 aromatic heterocycles. The van der Waals surface area contributed by atoms with Crippen molar-refractivity contribution in [3.8, 4) is 0 Å². The Kier molecular flexibility index (Phi) is 6.50. The first-order chi connectivity index (χ1) is 12.3. The van der Waals surface area contributed by atoms with E-state index in [4.69, 9.17) is 0 Å². The molecule has 0 fully saturated rings. The monoisotopic (exact) mass is 387 g/mol. The molecule has 0 saturated heterocycles. The molecule has 0 radical (unpaired) electrons. The van der Waals surface area contributed by atoms with Crippen LogP contribution in [0.2, 0.25) is 0 Å². The molecule has 1 heterocycles. The molecule has 0 unspecified atom stereocenters. The number of nitrogens with zero attached hydrogens (tertiary/aromatic N) is 3. The van der Waals surface area contributed by atoms with Crippen LogP contribution in [0.25, 0.3) is 0 Å². The van der Waals surface area contributed by atoms with Crippen LogP contribution in [-0.2, 0) is 19.1 Å². The highest BCUT2D eigenvalue weighted by atomic mass is 32.1. The van der Waals surface area contributed by atoms with Gasteiger partial charge in [-0.15, -0.1) is 11.3 Å². The number of guanidine groups is 1. The Labute approximate surface area is 151 Å². The van der Waals surface area contributed by atoms with E-state index in [-0.39, 0.29) is 5.69 Å². The van der Waals surface area contributed by atoms with E-state index in [1.165, 1.54) is 12.1 Å². The average molecular weight is 387 g/mol. The van der Waals surface area contributed by atoms with Crippen molar-refractivity contribution in [1.29, 1.82) is 0 Å². The highest BCUT2D eigenvalue weighted by Crippen LogP contribution is 2.29. The number of hydrogen-bond donors (Lipinski definition) is 2. The van der Waals surface area contributed by atoms with Crippen LogP contribution in [-0.4, -0.2) is 29.5 Å². The number of thiazole rings is 1. The van der Waals surface area contributed by atoms with Gasteiger partial charge in [-0.05, 0) is 5.56 Å². The molecule has 0 aliphatic heterocycles. The van der Waals surface area contributed by atoms with E-state index in [1.807, 2.05) is 0 Å². The second kappa shape index (κ2) is 8.61. The van der Waals surface area contributed by atoms with Crippen LogP contribution < -0.4 is 10.6 Å². The van der Waals surface area contributed by atoms with Gasteiger partial charge in [-0.1, -0.05) is 12.1 Å². The summed E-state index contributed by atoms with van der Waals surface area (Å²) < 4.78 is 37.5. The van der Waals surface area contributed by atoms with Crippen molar-refractivity contribution in [3.05, 3.63) is 56.0 Å². The predicted molar refractivity (Wildman–Crippen MR) is 92.1 cm³/mol. The quantitative estimate of drug-likeness (QED) is 0.344. The predicted octanol–water partition coefficient (Wildman–Crippen LogP) is 2.98. The summed E-state index contributed by atoms with van der Waals surface area (Å²) in [4.78, 5) is 17.8. The molecule has 2 rings (SSSR count). The zero-order valence-corrected chi connectivity index (χ0v) is 14.5. The number of aromatic nitrogens is 1. The minimum Gasteiger partial charge on any atom is -0.356 e. The molecule has 0 amide bonds. The molecular weight excluding hydrogens is 371 g/mol. The van der Waals surface area contributed by atoms with Crippen molar-refractivity contribution in [2.45, 2.75) is 19.1 Å². The molecule has 1 aromatic carbocycles. The smallest absolute Gasteiger partial charge is 0.356 e. The summed E-state index contributed by atoms with van der Waals surface area (Å²) in [6, 6.07) is 6.18. The lowest BCUT2D eigenvalue weighted by Gasteiger charge is -2.11. The maximum Gasteiger partial charge on any atom is 0.434 e. The van der Waals surface area contributed by atoms with Crippen LogP contribution in [0.15, 0.2) is 34.6 Å². The van der Waals surface area contributed by atoms with Crippen LogP contribution in [0.4, 0.5) is 18.9 Å². The fourth-order valence-electron chi connectivity index (χ4n) is 2.03. The van der Waals surface area contributed by atoms with Gasteiger partial charge in [-0.2, -0.15) is 13.2 Å². The van der Waals surface area contributed by atoms with Crippen molar-refractivity contribution in [3.63, 3.8) is 0 Å². The molecule has 7 nitrogen and oxygen atoms in total. The molecular formula is C15H16F3N5O2S. The number of non-ortho nitro benzene ring substituents is 1. The van der Waals surface area contributed by atoms with Gasteiger partial charge >= 0.3 is 6.18 Å². The second-order valence-corrected chi connectivity index (χ2v) is 6.10. The summed E-state index contributed by atoms with van der Waals surface area (Å²) in [5.41, 5.74) is -0.181. The van der Waals surface area contributed by atoms with Crippen LogP contribution in [0.3, 0.4) is 0 Å². The molecule has 0 spiro atoms. The Hall–Kier alpha value is -2.69. The minimum absolute atomic E-state index is 0.00325. The largest absolute Gasteiger partial charge is 0.434 e. The number of rotatable bonds is 6. The summed E-state index contributed by atoms with van der Waals surface area (Å²) in [5, 5.41) is 18.1. The summed E-state index contributed by atoms with van der Waals surface area (Å²) >= 11 is 0.955. The van der Waals surface area contributed by atoms with E-state index in [0.717, 1.165) is 16.7 Å². The molecule has 140 valence electrons. The van der Waals surface area contributed by atoms with Crippen LogP contribution in [0.1, 0.15) is 16.3 Å². The van der Waals surface area contributed by atoms with Crippen molar-refractivity contribution >= 4 is 23.0 Å². The van der Waals surface area contributed by atoms with Gasteiger partial charge in [-0.3, -0.25) is 15.1 Å². The zero-order valence-electron chi connectivity index (χ0n) is 13.7. The van der Waals surface area contributed by atoms with Crippen molar-refractivity contribution < 1.29 is 18.1 Å². The van der Waals surface area contributed by atoms with Gasteiger partial charge in [0.1, 0.15) is 0 Å². The first kappa shape index (κ1) is 19.6. The summed E-state index contributed by atoms with van der Waals surface area (Å²) in [6.07, 6.45) is -4.11. The Morgan fingerprint density at radius 1 is 1.38 bits per heavy atom. The van der Waals surface area contributed by atoms with Gasteiger partial charge in [-0.25, -0.2) is 4.98 Å². The number of halogens is 3. The number of nitro groups is 1. The Morgan fingerprint density at radius 3 is 2.77 bits per heavy atom. The molecule has 26 heavy (non-hydrogen) atoms. The van der Waals surface area contributed by atoms with Crippen molar-refractivity contribution in [2.24, 2.45) is 4.99 Å². The number of alkyl halides is 3. The van der Waals surface area contributed by atoms with Gasteiger partial charge < -0.3 is 10.6 Å². The minimum atomic E-state index is -4.43. The normalized spacial score (nSPS) is 12.1. The highest BCUT2D eigenvalue weighted by Gasteiger charge is 2.33. The first-order valence-corrected chi connectivity index (χ1v) is 8.37. The third-order valence-corrected chi connectivity index (χ3v) is 4.19. The molecule has 11 heteroatoms. The number of hydrogen-bond acceptors (Lipinski definition) is 5. The molecule has 0 aliphatic carbocycles. The SMILES string of the molecule is CN=C(NCCc1nc(C(F)(F)F)cs1)NCc1cccc([N+](=O)[O-])c1. The van der Waals surface area contributed by atoms with Crippen molar-refractivity contribution in [1.82, 2.24) is 15.6 Å². The molecule has 2 aromatic rings. The van der Waals surface area contributed by atoms with E-state index in [1.54, 1.807) is 19.2 Å². The lowest BCUT2D eigenvalue weighted by Crippen LogP contribution is -2.37. The third-order valence-electron chi connectivity index (χ3n) is 3.28. The molecule has 0 aliphatic rings. The lowest BCUT2D eigenvalue weighted by molar-refractivity contribution is -0.384. The number of nitrogens with one attached hydrogen (secondary N) is 2. The second-order valence-electron chi connectivity index (χ2n) is 5.15. The third kappa shape index (κ3) is 5.69. The fraction of sp³-hybridized carbons (Fsp3) is 0.333. The Balaban J connectivity index is 1.82. The Morgan fingerprint density at radius 2 is 2.15 bits per heavy atom. The lowest BCUT2D eigenvalue weighted by atomic mass is 10.2. The summed E-state index contributed by atoms with van der Waals surface area (Å²) in [5.74, 6) is 0.434. The van der Waals surface area contributed by atoms with Gasteiger partial charge in [0.25, 0.3) is 5.69 Å². The molecule has 2 N–H and O–H groups in total. The Bertz CT molecular complexity index is 792. The molecule has 0 saturated carbocycles. The topological polar surface area (TPSA) is 92.5 Å². The van der Waals surface area contributed by atoms with Gasteiger partial charge in [0.15, 0.2) is 11.7 Å². The van der Waals surface area contributed by atoms with Gasteiger partial charge in [0.05, 0.1) is 9.93 Å². The van der Waals surface area contributed by atoms with Gasteiger partial charge in [0, 0.05) is 44.1 Å². The number of nitro benzene ring substituents is 1. The maximum absolute atomic E-state index is 12.5. The van der Waals surface area contributed by atoms with E-state index >= 15 is 0 Å². The van der Waals surface area contributed by atoms with E-state index in [9.17, 15) is 23.3 Å². The zero-order chi connectivity index (χ0) is 19.2. The number of benzene rings is 1. The first-order valence-electron chi connectivity index (χ1n) is 7.49. The molecule has 0 bridgehead atoms. The average Bonchev–Trinajstić information content (AvgIpc) is 3.07. The van der Waals surface area contributed by atoms with E-state index in [0.29, 0.717) is 36.0 Å². The van der Waals surface area contributed by atoms with Crippen LogP contribution in [0, 0.1) is 10.1 Å². The maximum atomic E-state index is 12.5. The van der Waals surface area contributed by atoms with E-state index < -0.39 is 16.8 Å². The van der Waals surface area contributed by atoms with E-state index in [2.05, 4.69) is 20.6 Å². The summed E-state index contributed by atoms with van der Waals surface area (Å²) in [7, 11) is 1.55. The number of aliphatic imine (C=N–C) groups is 1. The molecule has 0 atom stereocenters. The van der Waals surface area contributed by atoms with Gasteiger partial charge in [0.2, 0.25) is 0 Å². The van der Waals surface area contributed by atoms with Crippen LogP contribution in [0.5, 0.6) is 0 Å². The van der Waals surface area contributed by atoms with Crippen LogP contribution >= 0.6 is 11.3 Å².